The first-order valence-corrected chi connectivity index (χ1v) is 8.25. The van der Waals surface area contributed by atoms with Crippen molar-refractivity contribution in [2.24, 2.45) is 0 Å². The minimum absolute atomic E-state index is 0.0767. The van der Waals surface area contributed by atoms with Gasteiger partial charge >= 0.3 is 5.97 Å². The number of rotatable bonds is 4. The van der Waals surface area contributed by atoms with Crippen LogP contribution in [0.4, 0.5) is 5.69 Å². The summed E-state index contributed by atoms with van der Waals surface area (Å²) in [6.45, 7) is -0.641. The zero-order valence-electron chi connectivity index (χ0n) is 11.1. The standard InChI is InChI=1S/C12H13BrN2O5S/c1-15(6-12(17)18)21(19,20)10-5-9-7(4-8(10)13)2-3-11(16)14-9/h4-5H,2-3,6H2,1H3,(H,14,16)(H,17,18). The van der Waals surface area contributed by atoms with E-state index in [1.165, 1.54) is 13.1 Å². The van der Waals surface area contributed by atoms with E-state index in [4.69, 9.17) is 5.11 Å². The number of hydrogen-bond donors (Lipinski definition) is 2. The Bertz CT molecular complexity index is 717. The summed E-state index contributed by atoms with van der Waals surface area (Å²) in [5.74, 6) is -1.42. The van der Waals surface area contributed by atoms with Gasteiger partial charge in [-0.2, -0.15) is 4.31 Å². The third kappa shape index (κ3) is 3.25. The lowest BCUT2D eigenvalue weighted by atomic mass is 10.0. The molecule has 0 bridgehead atoms. The second kappa shape index (κ2) is 5.74. The molecule has 9 heteroatoms. The molecule has 0 unspecified atom stereocenters. The number of nitrogens with one attached hydrogen (secondary N) is 1. The molecule has 1 heterocycles. The topological polar surface area (TPSA) is 104 Å². The van der Waals surface area contributed by atoms with Crippen molar-refractivity contribution >= 4 is 43.5 Å². The number of halogens is 1. The fourth-order valence-electron chi connectivity index (χ4n) is 2.02. The lowest BCUT2D eigenvalue weighted by Crippen LogP contribution is -2.32. The zero-order chi connectivity index (χ0) is 15.8. The van der Waals surface area contributed by atoms with E-state index in [0.29, 0.717) is 23.0 Å². The highest BCUT2D eigenvalue weighted by molar-refractivity contribution is 9.10. The average molecular weight is 377 g/mol. The first kappa shape index (κ1) is 15.9. The van der Waals surface area contributed by atoms with Crippen LogP contribution in [0.5, 0.6) is 0 Å². The predicted molar refractivity (Wildman–Crippen MR) is 78.5 cm³/mol. The van der Waals surface area contributed by atoms with Crippen LogP contribution in [0.15, 0.2) is 21.5 Å². The number of carbonyl (C=O) groups excluding carboxylic acids is 1. The van der Waals surface area contributed by atoms with E-state index in [9.17, 15) is 18.0 Å². The highest BCUT2D eigenvalue weighted by Gasteiger charge is 2.27. The number of carbonyl (C=O) groups is 2. The van der Waals surface area contributed by atoms with Crippen molar-refractivity contribution in [3.63, 3.8) is 0 Å². The molecular weight excluding hydrogens is 364 g/mol. The Balaban J connectivity index is 2.46. The van der Waals surface area contributed by atoms with Gasteiger partial charge in [0.2, 0.25) is 15.9 Å². The number of hydrogen-bond acceptors (Lipinski definition) is 4. The second-order valence-corrected chi connectivity index (χ2v) is 7.51. The number of likely N-dealkylation sites (N-methyl/N-ethyl adjacent to an activating group) is 1. The monoisotopic (exact) mass is 376 g/mol. The first-order valence-electron chi connectivity index (χ1n) is 6.02. The van der Waals surface area contributed by atoms with Crippen LogP contribution >= 0.6 is 15.9 Å². The van der Waals surface area contributed by atoms with Gasteiger partial charge in [0, 0.05) is 23.6 Å². The molecular formula is C12H13BrN2O5S. The molecule has 114 valence electrons. The van der Waals surface area contributed by atoms with Crippen LogP contribution in [-0.4, -0.2) is 43.3 Å². The third-order valence-corrected chi connectivity index (χ3v) is 5.86. The van der Waals surface area contributed by atoms with Gasteiger partial charge < -0.3 is 10.4 Å². The van der Waals surface area contributed by atoms with Crippen molar-refractivity contribution in [2.45, 2.75) is 17.7 Å². The van der Waals surface area contributed by atoms with Gasteiger partial charge in [-0.05, 0) is 40.0 Å². The van der Waals surface area contributed by atoms with E-state index in [1.54, 1.807) is 6.07 Å². The predicted octanol–water partition coefficient (Wildman–Crippen LogP) is 1.04. The Morgan fingerprint density at radius 2 is 2.10 bits per heavy atom. The van der Waals surface area contributed by atoms with E-state index in [2.05, 4.69) is 21.2 Å². The molecule has 1 aromatic rings. The lowest BCUT2D eigenvalue weighted by molar-refractivity contribution is -0.137. The van der Waals surface area contributed by atoms with Crippen molar-refractivity contribution in [3.05, 3.63) is 22.2 Å². The van der Waals surface area contributed by atoms with Crippen molar-refractivity contribution in [1.29, 1.82) is 0 Å². The Morgan fingerprint density at radius 1 is 1.43 bits per heavy atom. The largest absolute Gasteiger partial charge is 0.480 e. The number of benzene rings is 1. The van der Waals surface area contributed by atoms with E-state index in [-0.39, 0.29) is 10.8 Å². The molecule has 7 nitrogen and oxygen atoms in total. The molecule has 0 aliphatic carbocycles. The molecule has 1 aliphatic rings. The van der Waals surface area contributed by atoms with Crippen molar-refractivity contribution in [2.75, 3.05) is 18.9 Å². The minimum atomic E-state index is -3.96. The van der Waals surface area contributed by atoms with Gasteiger partial charge in [0.15, 0.2) is 0 Å². The summed E-state index contributed by atoms with van der Waals surface area (Å²) in [7, 11) is -2.77. The minimum Gasteiger partial charge on any atom is -0.480 e. The number of aryl methyl sites for hydroxylation is 1. The highest BCUT2D eigenvalue weighted by atomic mass is 79.9. The van der Waals surface area contributed by atoms with E-state index in [1.807, 2.05) is 0 Å². The molecule has 0 atom stereocenters. The summed E-state index contributed by atoms with van der Waals surface area (Å²) in [6.07, 6.45) is 0.884. The first-order chi connectivity index (χ1) is 9.71. The van der Waals surface area contributed by atoms with Gasteiger partial charge in [0.05, 0.1) is 4.90 Å². The fourth-order valence-corrected chi connectivity index (χ4v) is 4.21. The average Bonchev–Trinajstić information content (AvgIpc) is 2.37. The molecule has 1 aromatic carbocycles. The molecule has 0 spiro atoms. The Kier molecular flexibility index (Phi) is 4.35. The van der Waals surface area contributed by atoms with E-state index < -0.39 is 22.5 Å². The quantitative estimate of drug-likeness (QED) is 0.816. The van der Waals surface area contributed by atoms with E-state index in [0.717, 1.165) is 9.87 Å². The van der Waals surface area contributed by atoms with Gasteiger partial charge in [-0.15, -0.1) is 0 Å². The molecule has 21 heavy (non-hydrogen) atoms. The summed E-state index contributed by atoms with van der Waals surface area (Å²) in [6, 6.07) is 2.99. The molecule has 2 N–H and O–H groups in total. The van der Waals surface area contributed by atoms with Crippen LogP contribution in [0.1, 0.15) is 12.0 Å². The van der Waals surface area contributed by atoms with Gasteiger partial charge in [-0.1, -0.05) is 0 Å². The Labute approximate surface area is 130 Å². The summed E-state index contributed by atoms with van der Waals surface area (Å²) >= 11 is 3.19. The van der Waals surface area contributed by atoms with Crippen molar-refractivity contribution < 1.29 is 23.1 Å². The van der Waals surface area contributed by atoms with Gasteiger partial charge in [-0.3, -0.25) is 9.59 Å². The maximum absolute atomic E-state index is 12.4. The van der Waals surface area contributed by atoms with Crippen LogP contribution in [0.2, 0.25) is 0 Å². The molecule has 0 aromatic heterocycles. The summed E-state index contributed by atoms with van der Waals surface area (Å²) in [5.41, 5.74) is 1.28. The molecule has 1 amide bonds. The zero-order valence-corrected chi connectivity index (χ0v) is 13.5. The van der Waals surface area contributed by atoms with Crippen LogP contribution in [0.25, 0.3) is 0 Å². The van der Waals surface area contributed by atoms with Crippen LogP contribution in [0.3, 0.4) is 0 Å². The number of carboxylic acids is 1. The molecule has 0 saturated carbocycles. The van der Waals surface area contributed by atoms with Crippen LogP contribution in [-0.2, 0) is 26.0 Å². The summed E-state index contributed by atoms with van der Waals surface area (Å²) in [4.78, 5) is 22.0. The van der Waals surface area contributed by atoms with Gasteiger partial charge in [0.25, 0.3) is 0 Å². The van der Waals surface area contributed by atoms with Crippen molar-refractivity contribution in [1.82, 2.24) is 4.31 Å². The van der Waals surface area contributed by atoms with Crippen LogP contribution < -0.4 is 5.32 Å². The van der Waals surface area contributed by atoms with Crippen molar-refractivity contribution in [3.8, 4) is 0 Å². The number of carboxylic acid groups (broad SMARTS) is 1. The van der Waals surface area contributed by atoms with Crippen LogP contribution in [0, 0.1) is 0 Å². The Morgan fingerprint density at radius 3 is 2.71 bits per heavy atom. The Hall–Kier alpha value is -1.45. The van der Waals surface area contributed by atoms with Gasteiger partial charge in [0.1, 0.15) is 6.54 Å². The fraction of sp³-hybridized carbons (Fsp3) is 0.333. The molecule has 0 fully saturated rings. The summed E-state index contributed by atoms with van der Waals surface area (Å²) in [5, 5.41) is 11.3. The van der Waals surface area contributed by atoms with E-state index >= 15 is 0 Å². The normalized spacial score (nSPS) is 14.7. The number of aliphatic carboxylic acids is 1. The number of nitrogens with zero attached hydrogens (tertiary/aromatic N) is 1. The molecule has 0 radical (unpaired) electrons. The maximum atomic E-state index is 12.4. The number of sulfonamides is 1. The smallest absolute Gasteiger partial charge is 0.318 e. The third-order valence-electron chi connectivity index (χ3n) is 3.10. The lowest BCUT2D eigenvalue weighted by Gasteiger charge is -2.21. The second-order valence-electron chi connectivity index (χ2n) is 4.64. The SMILES string of the molecule is CN(CC(=O)O)S(=O)(=O)c1cc2c(cc1Br)CCC(=O)N2. The molecule has 1 aliphatic heterocycles. The molecule has 0 saturated heterocycles. The number of anilines is 1. The number of fused-ring (bicyclic) bond motifs is 1. The molecule has 2 rings (SSSR count). The number of amides is 1. The maximum Gasteiger partial charge on any atom is 0.318 e. The highest BCUT2D eigenvalue weighted by Crippen LogP contribution is 2.33. The van der Waals surface area contributed by atoms with Gasteiger partial charge in [-0.25, -0.2) is 8.42 Å². The summed E-state index contributed by atoms with van der Waals surface area (Å²) < 4.78 is 25.8.